The fraction of sp³-hybridized carbons (Fsp3) is 0.474. The number of halogens is 4. The summed E-state index contributed by atoms with van der Waals surface area (Å²) < 4.78 is 42.8. The van der Waals surface area contributed by atoms with Gasteiger partial charge in [-0.3, -0.25) is 9.67 Å². The average Bonchev–Trinajstić information content (AvgIpc) is 3.15. The van der Waals surface area contributed by atoms with E-state index < -0.39 is 12.8 Å². The van der Waals surface area contributed by atoms with E-state index in [1.807, 2.05) is 29.1 Å². The summed E-state index contributed by atoms with van der Waals surface area (Å²) in [6, 6.07) is 9.12. The molecule has 1 unspecified atom stereocenters. The number of rotatable bonds is 9. The van der Waals surface area contributed by atoms with E-state index in [9.17, 15) is 13.2 Å². The third-order valence-corrected chi connectivity index (χ3v) is 3.92. The molecule has 0 aliphatic rings. The lowest BCUT2D eigenvalue weighted by atomic mass is 10.1. The molecular formula is C19H27F3IN5O. The van der Waals surface area contributed by atoms with Crippen LogP contribution in [0.4, 0.5) is 13.2 Å². The summed E-state index contributed by atoms with van der Waals surface area (Å²) in [7, 11) is 1.70. The van der Waals surface area contributed by atoms with Crippen LogP contribution in [0, 0.1) is 5.92 Å². The molecule has 10 heteroatoms. The van der Waals surface area contributed by atoms with Gasteiger partial charge in [-0.05, 0) is 23.1 Å². The molecule has 1 atom stereocenters. The predicted octanol–water partition coefficient (Wildman–Crippen LogP) is 3.58. The number of nitrogens with one attached hydrogen (secondary N) is 2. The molecule has 2 N–H and O–H groups in total. The first kappa shape index (κ1) is 25.2. The summed E-state index contributed by atoms with van der Waals surface area (Å²) in [4.78, 5) is 4.20. The Bertz CT molecular complexity index is 720. The van der Waals surface area contributed by atoms with E-state index in [4.69, 9.17) is 0 Å². The Kier molecular flexibility index (Phi) is 11.0. The van der Waals surface area contributed by atoms with E-state index >= 15 is 0 Å². The van der Waals surface area contributed by atoms with Gasteiger partial charge in [-0.1, -0.05) is 31.2 Å². The van der Waals surface area contributed by atoms with Crippen molar-refractivity contribution in [2.75, 3.05) is 20.2 Å². The molecule has 0 bridgehead atoms. The van der Waals surface area contributed by atoms with Crippen molar-refractivity contribution in [3.63, 3.8) is 0 Å². The zero-order valence-electron chi connectivity index (χ0n) is 16.4. The van der Waals surface area contributed by atoms with Crippen LogP contribution in [0.3, 0.4) is 0 Å². The lowest BCUT2D eigenvalue weighted by molar-refractivity contribution is -0.176. The molecule has 0 aliphatic heterocycles. The van der Waals surface area contributed by atoms with E-state index in [2.05, 4.69) is 32.4 Å². The summed E-state index contributed by atoms with van der Waals surface area (Å²) in [6.45, 7) is 2.93. The van der Waals surface area contributed by atoms with Crippen LogP contribution in [-0.2, 0) is 24.4 Å². The highest BCUT2D eigenvalue weighted by Gasteiger charge is 2.27. The third-order valence-electron chi connectivity index (χ3n) is 3.92. The average molecular weight is 525 g/mol. The maximum absolute atomic E-state index is 12.1. The Balaban J connectivity index is 0.00000420. The summed E-state index contributed by atoms with van der Waals surface area (Å²) in [6.07, 6.45) is -0.613. The third kappa shape index (κ3) is 10.5. The molecule has 1 heterocycles. The predicted molar refractivity (Wildman–Crippen MR) is 117 cm³/mol. The number of aromatic nitrogens is 2. The van der Waals surface area contributed by atoms with Crippen molar-refractivity contribution >= 4 is 29.9 Å². The Hall–Kier alpha value is -1.82. The highest BCUT2D eigenvalue weighted by atomic mass is 127. The Morgan fingerprint density at radius 1 is 1.21 bits per heavy atom. The van der Waals surface area contributed by atoms with Gasteiger partial charge < -0.3 is 15.4 Å². The number of benzene rings is 1. The highest BCUT2D eigenvalue weighted by molar-refractivity contribution is 14.0. The van der Waals surface area contributed by atoms with Gasteiger partial charge in [0, 0.05) is 39.1 Å². The minimum atomic E-state index is -4.30. The molecular weight excluding hydrogens is 498 g/mol. The van der Waals surface area contributed by atoms with Crippen LogP contribution in [0.25, 0.3) is 0 Å². The van der Waals surface area contributed by atoms with Gasteiger partial charge in [-0.25, -0.2) is 0 Å². The van der Waals surface area contributed by atoms with E-state index in [0.717, 1.165) is 18.7 Å². The van der Waals surface area contributed by atoms with E-state index in [1.165, 1.54) is 0 Å². The Morgan fingerprint density at radius 3 is 2.48 bits per heavy atom. The van der Waals surface area contributed by atoms with Gasteiger partial charge in [0.2, 0.25) is 0 Å². The largest absolute Gasteiger partial charge is 0.411 e. The molecule has 162 valence electrons. The molecule has 29 heavy (non-hydrogen) atoms. The number of nitrogens with zero attached hydrogens (tertiary/aromatic N) is 3. The minimum Gasteiger partial charge on any atom is -0.367 e. The fourth-order valence-corrected chi connectivity index (χ4v) is 2.51. The second kappa shape index (κ2) is 12.7. The van der Waals surface area contributed by atoms with Crippen LogP contribution in [0.2, 0.25) is 0 Å². The van der Waals surface area contributed by atoms with Crippen molar-refractivity contribution in [3.05, 3.63) is 53.9 Å². The molecule has 2 aromatic rings. The van der Waals surface area contributed by atoms with Crippen LogP contribution < -0.4 is 10.6 Å². The van der Waals surface area contributed by atoms with Crippen molar-refractivity contribution < 1.29 is 17.9 Å². The van der Waals surface area contributed by atoms with E-state index in [-0.39, 0.29) is 30.6 Å². The summed E-state index contributed by atoms with van der Waals surface area (Å²) in [5.74, 6) is 1.05. The number of hydrogen-bond acceptors (Lipinski definition) is 3. The molecule has 1 aromatic carbocycles. The quantitative estimate of drug-likeness (QED) is 0.299. The maximum Gasteiger partial charge on any atom is 0.411 e. The molecule has 0 amide bonds. The first-order valence-electron chi connectivity index (χ1n) is 9.00. The summed E-state index contributed by atoms with van der Waals surface area (Å²) >= 11 is 0. The van der Waals surface area contributed by atoms with Crippen LogP contribution in [0.5, 0.6) is 0 Å². The highest BCUT2D eigenvalue weighted by Crippen LogP contribution is 2.15. The fourth-order valence-electron chi connectivity index (χ4n) is 2.51. The van der Waals surface area contributed by atoms with Crippen molar-refractivity contribution in [1.29, 1.82) is 0 Å². The van der Waals surface area contributed by atoms with Gasteiger partial charge in [0.25, 0.3) is 0 Å². The summed E-state index contributed by atoms with van der Waals surface area (Å²) in [5, 5.41) is 10.7. The van der Waals surface area contributed by atoms with Gasteiger partial charge in [0.15, 0.2) is 5.96 Å². The molecule has 2 rings (SSSR count). The maximum atomic E-state index is 12.1. The normalized spacial score (nSPS) is 12.9. The number of guanidine groups is 1. The van der Waals surface area contributed by atoms with Gasteiger partial charge >= 0.3 is 6.18 Å². The molecule has 0 spiro atoms. The van der Waals surface area contributed by atoms with Crippen LogP contribution in [-0.4, -0.2) is 42.1 Å². The molecule has 1 aromatic heterocycles. The lowest BCUT2D eigenvalue weighted by Crippen LogP contribution is -2.39. The van der Waals surface area contributed by atoms with Crippen molar-refractivity contribution in [1.82, 2.24) is 20.4 Å². The molecule has 6 nitrogen and oxygen atoms in total. The minimum absolute atomic E-state index is 0. The van der Waals surface area contributed by atoms with Crippen molar-refractivity contribution in [3.8, 4) is 0 Å². The van der Waals surface area contributed by atoms with Crippen LogP contribution in [0.15, 0.2) is 47.7 Å². The number of ether oxygens (including phenoxy) is 1. The molecule has 0 saturated heterocycles. The topological polar surface area (TPSA) is 63.5 Å². The Morgan fingerprint density at radius 2 is 1.90 bits per heavy atom. The zero-order valence-corrected chi connectivity index (χ0v) is 18.8. The molecule has 0 radical (unpaired) electrons. The van der Waals surface area contributed by atoms with Gasteiger partial charge in [-0.15, -0.1) is 24.0 Å². The summed E-state index contributed by atoms with van der Waals surface area (Å²) in [5.41, 5.74) is 1.69. The van der Waals surface area contributed by atoms with Crippen LogP contribution >= 0.6 is 24.0 Å². The molecule has 0 saturated carbocycles. The first-order chi connectivity index (χ1) is 13.4. The van der Waals surface area contributed by atoms with E-state index in [1.54, 1.807) is 25.4 Å². The second-order valence-corrected chi connectivity index (χ2v) is 6.56. The van der Waals surface area contributed by atoms with Crippen LogP contribution in [0.1, 0.15) is 18.1 Å². The van der Waals surface area contributed by atoms with Gasteiger partial charge in [-0.2, -0.15) is 18.3 Å². The molecule has 0 fully saturated rings. The number of alkyl halides is 3. The van der Waals surface area contributed by atoms with Crippen molar-refractivity contribution in [2.45, 2.75) is 32.8 Å². The smallest absolute Gasteiger partial charge is 0.367 e. The number of hydrogen-bond donors (Lipinski definition) is 2. The van der Waals surface area contributed by atoms with E-state index in [0.29, 0.717) is 24.0 Å². The second-order valence-electron chi connectivity index (χ2n) is 6.56. The zero-order chi connectivity index (χ0) is 20.4. The standard InChI is InChI=1S/C19H26F3N5O.HI/c1-15(12-27-9-3-8-26-27)10-24-18(23-2)25-11-16-4-6-17(7-5-16)13-28-14-19(20,21)22;/h3-9,15H,10-14H2,1-2H3,(H2,23,24,25);1H. The lowest BCUT2D eigenvalue weighted by Gasteiger charge is -2.16. The number of aliphatic imine (C=N–C) groups is 1. The van der Waals surface area contributed by atoms with Crippen molar-refractivity contribution in [2.24, 2.45) is 10.9 Å². The molecule has 0 aliphatic carbocycles. The monoisotopic (exact) mass is 525 g/mol. The Labute approximate surface area is 185 Å². The van der Waals surface area contributed by atoms with Gasteiger partial charge in [0.05, 0.1) is 6.61 Å². The first-order valence-corrected chi connectivity index (χ1v) is 9.00. The van der Waals surface area contributed by atoms with Gasteiger partial charge in [0.1, 0.15) is 6.61 Å². The SMILES string of the molecule is CN=C(NCc1ccc(COCC(F)(F)F)cc1)NCC(C)Cn1cccn1.I.